The number of piperazine rings is 1. The molecule has 1 aromatic rings. The summed E-state index contributed by atoms with van der Waals surface area (Å²) < 4.78 is 18.7. The smallest absolute Gasteiger partial charge is 0.376 e. The van der Waals surface area contributed by atoms with E-state index < -0.39 is 0 Å². The van der Waals surface area contributed by atoms with Crippen molar-refractivity contribution in [3.05, 3.63) is 30.1 Å². The third-order valence-electron chi connectivity index (χ3n) is 4.86. The summed E-state index contributed by atoms with van der Waals surface area (Å²) in [5.41, 5.74) is 0. The fourth-order valence-electron chi connectivity index (χ4n) is 3.50. The Labute approximate surface area is 132 Å². The van der Waals surface area contributed by atoms with E-state index in [1.807, 2.05) is 6.82 Å². The highest BCUT2D eigenvalue weighted by atomic mass is 19.1. The minimum absolute atomic E-state index is 0.233. The first-order valence-electron chi connectivity index (χ1n) is 8.16. The van der Waals surface area contributed by atoms with Crippen molar-refractivity contribution in [2.24, 2.45) is 5.92 Å². The van der Waals surface area contributed by atoms with Crippen molar-refractivity contribution in [3.8, 4) is 5.75 Å². The molecule has 2 heterocycles. The maximum absolute atomic E-state index is 12.9. The molecule has 2 saturated heterocycles. The Hall–Kier alpha value is -1.11. The molecule has 1 aromatic carbocycles. The number of hydrogen-bond donors (Lipinski definition) is 1. The molecule has 0 saturated carbocycles. The van der Waals surface area contributed by atoms with Crippen LogP contribution < -0.4 is 4.74 Å². The lowest BCUT2D eigenvalue weighted by Crippen LogP contribution is -2.59. The van der Waals surface area contributed by atoms with Gasteiger partial charge in [-0.3, -0.25) is 4.90 Å². The van der Waals surface area contributed by atoms with Crippen LogP contribution in [0, 0.1) is 11.7 Å². The first-order valence-corrected chi connectivity index (χ1v) is 8.16. The fourth-order valence-corrected chi connectivity index (χ4v) is 3.50. The Kier molecular flexibility index (Phi) is 5.01. The van der Waals surface area contributed by atoms with E-state index in [2.05, 4.69) is 9.71 Å². The summed E-state index contributed by atoms with van der Waals surface area (Å²) in [4.78, 5) is 4.68. The van der Waals surface area contributed by atoms with Gasteiger partial charge in [-0.2, -0.15) is 0 Å². The van der Waals surface area contributed by atoms with E-state index in [0.29, 0.717) is 18.6 Å². The van der Waals surface area contributed by atoms with Gasteiger partial charge in [-0.05, 0) is 43.9 Å². The molecule has 0 aliphatic carbocycles. The summed E-state index contributed by atoms with van der Waals surface area (Å²) in [7, 11) is -0.346. The van der Waals surface area contributed by atoms with Crippen molar-refractivity contribution in [1.29, 1.82) is 0 Å². The number of fused-ring (bicyclic) bond motifs is 1. The lowest BCUT2D eigenvalue weighted by Gasteiger charge is -2.46. The van der Waals surface area contributed by atoms with Crippen LogP contribution in [-0.2, 0) is 0 Å². The summed E-state index contributed by atoms with van der Waals surface area (Å²) in [5.74, 6) is 1.03. The van der Waals surface area contributed by atoms with Gasteiger partial charge in [0.25, 0.3) is 0 Å². The second kappa shape index (κ2) is 6.98. The Bertz CT molecular complexity index is 486. The van der Waals surface area contributed by atoms with Crippen molar-refractivity contribution in [3.63, 3.8) is 0 Å². The lowest BCUT2D eigenvalue weighted by molar-refractivity contribution is 0.0375. The van der Waals surface area contributed by atoms with Crippen LogP contribution in [0.2, 0.25) is 6.82 Å². The van der Waals surface area contributed by atoms with Gasteiger partial charge in [0, 0.05) is 38.1 Å². The minimum atomic E-state index is -0.346. The molecule has 2 aliphatic heterocycles. The molecule has 0 aromatic heterocycles. The molecular weight excluding hydrogens is 282 g/mol. The Morgan fingerprint density at radius 3 is 2.73 bits per heavy atom. The van der Waals surface area contributed by atoms with E-state index in [1.165, 1.54) is 12.1 Å². The summed E-state index contributed by atoms with van der Waals surface area (Å²) >= 11 is 0. The monoisotopic (exact) mass is 306 g/mol. The summed E-state index contributed by atoms with van der Waals surface area (Å²) in [6.45, 7) is 6.50. The molecule has 1 N–H and O–H groups in total. The van der Waals surface area contributed by atoms with E-state index in [4.69, 9.17) is 4.74 Å². The zero-order valence-corrected chi connectivity index (χ0v) is 13.1. The van der Waals surface area contributed by atoms with Crippen molar-refractivity contribution in [1.82, 2.24) is 9.71 Å². The highest BCUT2D eigenvalue weighted by molar-refractivity contribution is 6.45. The number of benzene rings is 1. The second-order valence-corrected chi connectivity index (χ2v) is 6.48. The molecule has 22 heavy (non-hydrogen) atoms. The van der Waals surface area contributed by atoms with Gasteiger partial charge < -0.3 is 14.6 Å². The van der Waals surface area contributed by atoms with Gasteiger partial charge in [-0.15, -0.1) is 0 Å². The zero-order valence-electron chi connectivity index (χ0n) is 13.1. The number of rotatable bonds is 4. The number of ether oxygens (including phenoxy) is 1. The van der Waals surface area contributed by atoms with Gasteiger partial charge in [0.2, 0.25) is 0 Å². The normalized spacial score (nSPS) is 26.5. The van der Waals surface area contributed by atoms with Crippen molar-refractivity contribution in [2.45, 2.75) is 25.7 Å². The number of nitrogens with zero attached hydrogens (tertiary/aromatic N) is 2. The summed E-state index contributed by atoms with van der Waals surface area (Å²) in [6, 6.07) is 6.79. The van der Waals surface area contributed by atoms with Crippen molar-refractivity contribution in [2.75, 3.05) is 32.8 Å². The first kappa shape index (κ1) is 15.8. The lowest BCUT2D eigenvalue weighted by atomic mass is 9.81. The molecule has 120 valence electrons. The van der Waals surface area contributed by atoms with Gasteiger partial charge in [0.15, 0.2) is 0 Å². The molecule has 3 rings (SSSR count). The maximum atomic E-state index is 12.9. The maximum Gasteiger partial charge on any atom is 0.376 e. The highest BCUT2D eigenvalue weighted by Gasteiger charge is 2.34. The molecule has 0 amide bonds. The van der Waals surface area contributed by atoms with Gasteiger partial charge in [0.05, 0.1) is 6.61 Å². The molecule has 0 spiro atoms. The topological polar surface area (TPSA) is 35.9 Å². The van der Waals surface area contributed by atoms with Gasteiger partial charge >= 0.3 is 7.05 Å². The van der Waals surface area contributed by atoms with Crippen molar-refractivity contribution < 1.29 is 14.2 Å². The van der Waals surface area contributed by atoms with E-state index in [9.17, 15) is 9.41 Å². The molecule has 6 heteroatoms. The van der Waals surface area contributed by atoms with E-state index in [-0.39, 0.29) is 12.9 Å². The van der Waals surface area contributed by atoms with Crippen LogP contribution in [0.1, 0.15) is 12.8 Å². The van der Waals surface area contributed by atoms with Crippen LogP contribution in [-0.4, -0.2) is 60.6 Å². The highest BCUT2D eigenvalue weighted by Crippen LogP contribution is 2.26. The van der Waals surface area contributed by atoms with Crippen LogP contribution in [0.15, 0.2) is 24.3 Å². The number of hydrogen-bond acceptors (Lipinski definition) is 4. The largest absolute Gasteiger partial charge is 0.493 e. The Balaban J connectivity index is 1.47. The predicted molar refractivity (Wildman–Crippen MR) is 85.4 cm³/mol. The van der Waals surface area contributed by atoms with Crippen LogP contribution in [0.25, 0.3) is 0 Å². The predicted octanol–water partition coefficient (Wildman–Crippen LogP) is 1.71. The average molecular weight is 306 g/mol. The quantitative estimate of drug-likeness (QED) is 0.859. The van der Waals surface area contributed by atoms with E-state index >= 15 is 0 Å². The molecular formula is C16H24BFN2O2. The van der Waals surface area contributed by atoms with E-state index in [1.54, 1.807) is 12.1 Å². The van der Waals surface area contributed by atoms with Gasteiger partial charge in [0.1, 0.15) is 11.6 Å². The van der Waals surface area contributed by atoms with Gasteiger partial charge in [-0.1, -0.05) is 0 Å². The Morgan fingerprint density at radius 1 is 1.23 bits per heavy atom. The van der Waals surface area contributed by atoms with Crippen molar-refractivity contribution >= 4 is 7.05 Å². The van der Waals surface area contributed by atoms with Crippen LogP contribution >= 0.6 is 0 Å². The zero-order chi connectivity index (χ0) is 15.5. The summed E-state index contributed by atoms with van der Waals surface area (Å²) in [5, 5.41) is 9.71. The second-order valence-electron chi connectivity index (χ2n) is 6.48. The van der Waals surface area contributed by atoms with Crippen LogP contribution in [0.3, 0.4) is 0 Å². The molecule has 4 nitrogen and oxygen atoms in total. The van der Waals surface area contributed by atoms with Crippen LogP contribution in [0.4, 0.5) is 4.39 Å². The SMILES string of the molecule is CB(O)N1CCN2CC(COc3ccc(F)cc3)CCC2C1. The molecule has 0 bridgehead atoms. The third-order valence-corrected chi connectivity index (χ3v) is 4.86. The average Bonchev–Trinajstić information content (AvgIpc) is 2.53. The molecule has 2 fully saturated rings. The third kappa shape index (κ3) is 3.80. The summed E-state index contributed by atoms with van der Waals surface area (Å²) in [6.07, 6.45) is 2.30. The Morgan fingerprint density at radius 2 is 2.00 bits per heavy atom. The first-order chi connectivity index (χ1) is 10.6. The molecule has 2 unspecified atom stereocenters. The van der Waals surface area contributed by atoms with E-state index in [0.717, 1.165) is 44.8 Å². The minimum Gasteiger partial charge on any atom is -0.493 e. The molecule has 0 radical (unpaired) electrons. The van der Waals surface area contributed by atoms with Gasteiger partial charge in [-0.25, -0.2) is 4.39 Å². The number of halogens is 1. The number of piperidine rings is 1. The van der Waals surface area contributed by atoms with Crippen LogP contribution in [0.5, 0.6) is 5.75 Å². The molecule has 2 aliphatic rings. The standard InChI is InChI=1S/C16H24BFN2O2/c1-17(21)20-9-8-19-10-13(2-5-15(19)11-20)12-22-16-6-3-14(18)4-7-16/h3-4,6-7,13,15,21H,2,5,8-12H2,1H3. The molecule has 2 atom stereocenters. The fraction of sp³-hybridized carbons (Fsp3) is 0.625.